The second-order valence-corrected chi connectivity index (χ2v) is 13.7. The Kier molecular flexibility index (Phi) is 11.2. The van der Waals surface area contributed by atoms with Crippen LogP contribution in [0.4, 0.5) is 4.79 Å². The number of benzene rings is 3. The molecule has 3 aromatic rings. The zero-order chi connectivity index (χ0) is 34.3. The van der Waals surface area contributed by atoms with E-state index in [0.717, 1.165) is 16.7 Å². The van der Waals surface area contributed by atoms with Gasteiger partial charge in [0, 0.05) is 18.4 Å². The third-order valence-corrected chi connectivity index (χ3v) is 9.11. The van der Waals surface area contributed by atoms with Gasteiger partial charge in [-0.3, -0.25) is 14.4 Å². The lowest BCUT2D eigenvalue weighted by atomic mass is 9.93. The average Bonchev–Trinajstić information content (AvgIpc) is 3.45. The summed E-state index contributed by atoms with van der Waals surface area (Å²) in [6.45, 7) is 5.42. The van der Waals surface area contributed by atoms with Gasteiger partial charge in [-0.2, -0.15) is 0 Å². The van der Waals surface area contributed by atoms with Crippen LogP contribution in [0.15, 0.2) is 91.0 Å². The molecule has 10 nitrogen and oxygen atoms in total. The minimum Gasteiger partial charge on any atom is -0.444 e. The van der Waals surface area contributed by atoms with Crippen LogP contribution in [0.1, 0.15) is 69.2 Å². The summed E-state index contributed by atoms with van der Waals surface area (Å²) in [5.74, 6) is -1.43. The van der Waals surface area contributed by atoms with Gasteiger partial charge in [0.15, 0.2) is 0 Å². The molecule has 5 rings (SSSR count). The van der Waals surface area contributed by atoms with Gasteiger partial charge in [-0.15, -0.1) is 0 Å². The van der Waals surface area contributed by atoms with E-state index in [4.69, 9.17) is 10.5 Å². The highest BCUT2D eigenvalue weighted by Gasteiger charge is 2.48. The number of rotatable bonds is 10. The quantitative estimate of drug-likeness (QED) is 0.258. The summed E-state index contributed by atoms with van der Waals surface area (Å²) >= 11 is 0. The number of fused-ring (bicyclic) bond motifs is 1. The van der Waals surface area contributed by atoms with E-state index in [2.05, 4.69) is 16.0 Å². The predicted octanol–water partition coefficient (Wildman–Crippen LogP) is 4.24. The van der Waals surface area contributed by atoms with Gasteiger partial charge in [0.25, 0.3) is 0 Å². The first kappa shape index (κ1) is 34.6. The fourth-order valence-electron chi connectivity index (χ4n) is 6.78. The van der Waals surface area contributed by atoms with Crippen molar-refractivity contribution in [1.29, 1.82) is 0 Å². The summed E-state index contributed by atoms with van der Waals surface area (Å²) in [6.07, 6.45) is 1.95. The Morgan fingerprint density at radius 3 is 1.96 bits per heavy atom. The minimum atomic E-state index is -1.01. The molecule has 0 aliphatic carbocycles. The zero-order valence-corrected chi connectivity index (χ0v) is 27.9. The van der Waals surface area contributed by atoms with Gasteiger partial charge >= 0.3 is 6.09 Å². The van der Waals surface area contributed by atoms with Gasteiger partial charge in [-0.25, -0.2) is 4.79 Å². The molecular formula is C38H47N5O5. The Morgan fingerprint density at radius 2 is 1.40 bits per heavy atom. The highest BCUT2D eigenvalue weighted by Crippen LogP contribution is 2.34. The van der Waals surface area contributed by atoms with Gasteiger partial charge in [0.05, 0.1) is 6.04 Å². The van der Waals surface area contributed by atoms with Crippen molar-refractivity contribution in [3.8, 4) is 0 Å². The van der Waals surface area contributed by atoms with E-state index in [9.17, 15) is 19.2 Å². The maximum atomic E-state index is 14.4. The molecule has 10 heteroatoms. The number of alkyl carbamates (subject to hydrolysis) is 1. The molecule has 2 heterocycles. The zero-order valence-electron chi connectivity index (χ0n) is 27.9. The third kappa shape index (κ3) is 8.60. The number of nitrogens with one attached hydrogen (secondary N) is 3. The van der Waals surface area contributed by atoms with Crippen LogP contribution >= 0.6 is 0 Å². The number of nitrogens with two attached hydrogens (primary N) is 1. The molecule has 0 saturated carbocycles. The van der Waals surface area contributed by atoms with Gasteiger partial charge < -0.3 is 31.3 Å². The monoisotopic (exact) mass is 653 g/mol. The molecule has 0 aromatic heterocycles. The largest absolute Gasteiger partial charge is 0.444 e. The first-order valence-corrected chi connectivity index (χ1v) is 16.8. The normalized spacial score (nSPS) is 21.5. The molecule has 254 valence electrons. The van der Waals surface area contributed by atoms with Crippen molar-refractivity contribution in [3.05, 3.63) is 108 Å². The molecule has 5 atom stereocenters. The lowest BCUT2D eigenvalue weighted by Crippen LogP contribution is -2.60. The highest BCUT2D eigenvalue weighted by molar-refractivity contribution is 5.95. The second-order valence-electron chi connectivity index (χ2n) is 13.7. The molecule has 48 heavy (non-hydrogen) atoms. The van der Waals surface area contributed by atoms with E-state index in [0.29, 0.717) is 25.7 Å². The number of carbonyl (C=O) groups excluding carboxylic acids is 4. The van der Waals surface area contributed by atoms with Crippen LogP contribution in [0.3, 0.4) is 0 Å². The third-order valence-electron chi connectivity index (χ3n) is 9.11. The minimum absolute atomic E-state index is 0.142. The Morgan fingerprint density at radius 1 is 0.833 bits per heavy atom. The predicted molar refractivity (Wildman–Crippen MR) is 184 cm³/mol. The van der Waals surface area contributed by atoms with Gasteiger partial charge in [-0.05, 0) is 69.7 Å². The number of amides is 4. The van der Waals surface area contributed by atoms with E-state index in [1.54, 1.807) is 25.7 Å². The second kappa shape index (κ2) is 15.5. The molecule has 2 aliphatic rings. The number of hydrogen-bond acceptors (Lipinski definition) is 6. The SMILES string of the molecule is CC(C)(C)OC(=O)NC(Cc1ccccc1)C(=O)NC1C(=O)N2C(CCC1CN)CCC2C(=O)NC(c1ccccc1)c1ccccc1. The molecule has 3 aromatic carbocycles. The summed E-state index contributed by atoms with van der Waals surface area (Å²) in [5.41, 5.74) is 8.14. The van der Waals surface area contributed by atoms with Crippen molar-refractivity contribution in [1.82, 2.24) is 20.9 Å². The Labute approximate surface area is 282 Å². The number of nitrogens with zero attached hydrogens (tertiary/aromatic N) is 1. The Hall–Kier alpha value is -4.70. The Balaban J connectivity index is 1.37. The molecule has 0 spiro atoms. The van der Waals surface area contributed by atoms with Crippen molar-refractivity contribution in [2.24, 2.45) is 11.7 Å². The lowest BCUT2D eigenvalue weighted by Gasteiger charge is -2.33. The topological polar surface area (TPSA) is 143 Å². The van der Waals surface area contributed by atoms with E-state index < -0.39 is 41.8 Å². The van der Waals surface area contributed by atoms with Crippen LogP contribution < -0.4 is 21.7 Å². The molecule has 2 aliphatic heterocycles. The van der Waals surface area contributed by atoms with Gasteiger partial charge in [0.1, 0.15) is 23.7 Å². The molecule has 0 radical (unpaired) electrons. The fraction of sp³-hybridized carbons (Fsp3) is 0.421. The van der Waals surface area contributed by atoms with Crippen LogP contribution in [0.2, 0.25) is 0 Å². The van der Waals surface area contributed by atoms with E-state index >= 15 is 0 Å². The van der Waals surface area contributed by atoms with E-state index in [1.165, 1.54) is 0 Å². The van der Waals surface area contributed by atoms with Crippen LogP contribution in [-0.4, -0.2) is 65.0 Å². The van der Waals surface area contributed by atoms with E-state index in [-0.39, 0.29) is 36.7 Å². The number of ether oxygens (including phenoxy) is 1. The van der Waals surface area contributed by atoms with E-state index in [1.807, 2.05) is 91.0 Å². The maximum Gasteiger partial charge on any atom is 0.408 e. The average molecular weight is 654 g/mol. The summed E-state index contributed by atoms with van der Waals surface area (Å²) in [7, 11) is 0. The van der Waals surface area contributed by atoms with Crippen molar-refractivity contribution in [3.63, 3.8) is 0 Å². The summed E-state index contributed by atoms with van der Waals surface area (Å²) in [4.78, 5) is 56.9. The molecule has 2 fully saturated rings. The maximum absolute atomic E-state index is 14.4. The van der Waals surface area contributed by atoms with Crippen molar-refractivity contribution in [2.45, 2.75) is 88.7 Å². The first-order chi connectivity index (χ1) is 23.0. The van der Waals surface area contributed by atoms with Crippen LogP contribution in [0, 0.1) is 5.92 Å². The molecule has 5 unspecified atom stereocenters. The first-order valence-electron chi connectivity index (χ1n) is 16.8. The van der Waals surface area contributed by atoms with Crippen LogP contribution in [0.5, 0.6) is 0 Å². The van der Waals surface area contributed by atoms with Crippen LogP contribution in [-0.2, 0) is 25.5 Å². The summed E-state index contributed by atoms with van der Waals surface area (Å²) in [5, 5.41) is 8.88. The highest BCUT2D eigenvalue weighted by atomic mass is 16.6. The summed E-state index contributed by atoms with van der Waals surface area (Å²) in [6, 6.07) is 25.6. The molecule has 4 amide bonds. The number of carbonyl (C=O) groups is 4. The van der Waals surface area contributed by atoms with Gasteiger partial charge in [0.2, 0.25) is 17.7 Å². The van der Waals surface area contributed by atoms with Gasteiger partial charge in [-0.1, -0.05) is 91.0 Å². The standard InChI is InChI=1S/C38H47N5O5/c1-38(2,3)48-37(47)40-30(23-25-13-7-4-8-14-25)34(44)42-33-28(24-39)19-20-29-21-22-31(43(29)36(33)46)35(45)41-32(26-15-9-5-10-16-26)27-17-11-6-12-18-27/h4-18,28-33H,19-24,39H2,1-3H3,(H,40,47)(H,41,45)(H,42,44). The molecular weight excluding hydrogens is 606 g/mol. The molecule has 5 N–H and O–H groups in total. The lowest BCUT2D eigenvalue weighted by molar-refractivity contribution is -0.143. The van der Waals surface area contributed by atoms with Crippen molar-refractivity contribution >= 4 is 23.8 Å². The van der Waals surface area contributed by atoms with Crippen molar-refractivity contribution in [2.75, 3.05) is 6.54 Å². The Bertz CT molecular complexity index is 1510. The van der Waals surface area contributed by atoms with Crippen molar-refractivity contribution < 1.29 is 23.9 Å². The summed E-state index contributed by atoms with van der Waals surface area (Å²) < 4.78 is 5.45. The number of hydrogen-bond donors (Lipinski definition) is 4. The molecule has 2 saturated heterocycles. The molecule has 0 bridgehead atoms. The van der Waals surface area contributed by atoms with Crippen LogP contribution in [0.25, 0.3) is 0 Å². The smallest absolute Gasteiger partial charge is 0.408 e. The fourth-order valence-corrected chi connectivity index (χ4v) is 6.78.